The van der Waals surface area contributed by atoms with Crippen molar-refractivity contribution in [1.82, 2.24) is 4.90 Å². The molecule has 0 aliphatic carbocycles. The zero-order valence-corrected chi connectivity index (χ0v) is 28.8. The normalized spacial score (nSPS) is 10.8. The van der Waals surface area contributed by atoms with Crippen LogP contribution < -0.4 is 16.8 Å². The molecule has 0 heterocycles. The minimum Gasteiger partial charge on any atom is -0.480 e. The van der Waals surface area contributed by atoms with Crippen LogP contribution in [0.3, 0.4) is 0 Å². The number of carbonyl (C=O) groups is 4. The van der Waals surface area contributed by atoms with Crippen molar-refractivity contribution in [2.75, 3.05) is 17.6 Å². The molecule has 0 aliphatic heterocycles. The van der Waals surface area contributed by atoms with Crippen LogP contribution in [0, 0.1) is 6.92 Å². The van der Waals surface area contributed by atoms with Crippen molar-refractivity contribution in [3.63, 3.8) is 0 Å². The molecule has 0 aromatic heterocycles. The first kappa shape index (κ1) is 37.3. The maximum absolute atomic E-state index is 13.3. The largest absolute Gasteiger partial charge is 0.480 e. The number of anilines is 2. The van der Waals surface area contributed by atoms with Crippen molar-refractivity contribution in [3.8, 4) is 11.1 Å². The second-order valence-corrected chi connectivity index (χ2v) is 11.5. The lowest BCUT2D eigenvalue weighted by Crippen LogP contribution is -2.35. The van der Waals surface area contributed by atoms with Crippen molar-refractivity contribution < 1.29 is 24.3 Å². The highest BCUT2D eigenvalue weighted by atomic mass is 16.4. The molecule has 0 spiro atoms. The molecule has 5 aromatic carbocycles. The van der Waals surface area contributed by atoms with Gasteiger partial charge in [0.2, 0.25) is 5.91 Å². The number of hydrogen-bond donors (Lipinski definition) is 4. The van der Waals surface area contributed by atoms with E-state index in [2.05, 4.69) is 10.3 Å². The van der Waals surface area contributed by atoms with Gasteiger partial charge in [-0.3, -0.25) is 19.2 Å². The zero-order valence-electron chi connectivity index (χ0n) is 28.8. The molecule has 0 atom stereocenters. The van der Waals surface area contributed by atoms with E-state index >= 15 is 0 Å². The smallest absolute Gasteiger partial charge is 0.323 e. The molecule has 0 aliphatic rings. The lowest BCUT2D eigenvalue weighted by molar-refractivity contribution is -0.137. The summed E-state index contributed by atoms with van der Waals surface area (Å²) in [5.74, 6) is -2.35. The molecule has 6 N–H and O–H groups in total. The van der Waals surface area contributed by atoms with Crippen molar-refractivity contribution >= 4 is 40.9 Å². The van der Waals surface area contributed by atoms with Gasteiger partial charge in [0.05, 0.1) is 6.42 Å². The van der Waals surface area contributed by atoms with E-state index in [1.807, 2.05) is 57.2 Å². The summed E-state index contributed by atoms with van der Waals surface area (Å²) in [6.45, 7) is 5.51. The number of aliphatic imine (C=N–C) groups is 1. The number of rotatable bonds is 11. The van der Waals surface area contributed by atoms with Crippen molar-refractivity contribution in [2.45, 2.75) is 33.7 Å². The Balaban J connectivity index is 0.00000286. The molecule has 5 aromatic rings. The van der Waals surface area contributed by atoms with Crippen LogP contribution in [0.15, 0.2) is 126 Å². The van der Waals surface area contributed by atoms with Gasteiger partial charge in [-0.15, -0.1) is 0 Å². The van der Waals surface area contributed by atoms with Crippen molar-refractivity contribution in [1.29, 1.82) is 0 Å². The van der Waals surface area contributed by atoms with Crippen LogP contribution in [0.4, 0.5) is 11.4 Å². The fourth-order valence-corrected chi connectivity index (χ4v) is 5.06. The van der Waals surface area contributed by atoms with Crippen LogP contribution in [0.1, 0.15) is 56.8 Å². The molecular formula is C41H41N5O5. The number of carboxylic acid groups (broad SMARTS) is 1. The van der Waals surface area contributed by atoms with Crippen molar-refractivity contribution in [2.24, 2.45) is 10.7 Å². The maximum Gasteiger partial charge on any atom is 0.323 e. The number of amides is 3. The molecule has 5 rings (SSSR count). The van der Waals surface area contributed by atoms with Crippen LogP contribution in [-0.2, 0) is 22.6 Å². The molecule has 0 saturated heterocycles. The predicted molar refractivity (Wildman–Crippen MR) is 201 cm³/mol. The van der Waals surface area contributed by atoms with E-state index in [1.165, 1.54) is 17.0 Å². The second-order valence-electron chi connectivity index (χ2n) is 11.5. The average Bonchev–Trinajstić information content (AvgIpc) is 3.13. The molecule has 51 heavy (non-hydrogen) atoms. The monoisotopic (exact) mass is 683 g/mol. The number of carbonyl (C=O) groups excluding carboxylic acids is 3. The number of nitrogens with two attached hydrogens (primary N) is 2. The maximum atomic E-state index is 13.3. The van der Waals surface area contributed by atoms with E-state index in [9.17, 15) is 24.3 Å². The van der Waals surface area contributed by atoms with Gasteiger partial charge in [-0.05, 0) is 77.7 Å². The summed E-state index contributed by atoms with van der Waals surface area (Å²) in [5, 5.41) is 12.3. The first-order valence-corrected chi connectivity index (χ1v) is 16.4. The number of nitrogen functional groups attached to an aromatic ring is 1. The van der Waals surface area contributed by atoms with Gasteiger partial charge in [0.15, 0.2) is 0 Å². The molecule has 0 unspecified atom stereocenters. The Bertz CT molecular complexity index is 1990. The number of carboxylic acids is 1. The Morgan fingerprint density at radius 1 is 0.686 bits per heavy atom. The Hall–Kier alpha value is -6.55. The van der Waals surface area contributed by atoms with E-state index < -0.39 is 24.3 Å². The van der Waals surface area contributed by atoms with Gasteiger partial charge in [-0.2, -0.15) is 4.99 Å². The van der Waals surface area contributed by atoms with Gasteiger partial charge in [-0.25, -0.2) is 0 Å². The first-order valence-electron chi connectivity index (χ1n) is 16.4. The SMILES string of the molecule is CC.Cc1ccc(-c2ccc(C(=O)N=C(N)c3ccc(CN(CC(=O)O)C(=O)c4ccc(NC(=O)Cc5ccc(N)cc5)cc4)cc3)cc2)cc1. The van der Waals surface area contributed by atoms with Crippen molar-refractivity contribution in [3.05, 3.63) is 155 Å². The quantitative estimate of drug-likeness (QED) is 0.0680. The highest BCUT2D eigenvalue weighted by molar-refractivity contribution is 6.09. The summed E-state index contributed by atoms with van der Waals surface area (Å²) >= 11 is 0. The molecular weight excluding hydrogens is 642 g/mol. The highest BCUT2D eigenvalue weighted by Gasteiger charge is 2.19. The average molecular weight is 684 g/mol. The van der Waals surface area contributed by atoms with E-state index in [1.54, 1.807) is 72.8 Å². The van der Waals surface area contributed by atoms with E-state index in [0.717, 1.165) is 22.3 Å². The number of benzene rings is 5. The number of nitrogens with zero attached hydrogens (tertiary/aromatic N) is 2. The fraction of sp³-hybridized carbons (Fsp3) is 0.146. The summed E-state index contributed by atoms with van der Waals surface area (Å²) in [6.07, 6.45) is 0.155. The fourth-order valence-electron chi connectivity index (χ4n) is 5.06. The van der Waals surface area contributed by atoms with Gasteiger partial charge in [0.25, 0.3) is 11.8 Å². The Labute approximate surface area is 297 Å². The summed E-state index contributed by atoms with van der Waals surface area (Å²) < 4.78 is 0. The molecule has 0 saturated carbocycles. The molecule has 3 amide bonds. The number of aryl methyl sites for hydroxylation is 1. The Kier molecular flexibility index (Phi) is 13.0. The van der Waals surface area contributed by atoms with E-state index in [4.69, 9.17) is 11.5 Å². The molecule has 0 fully saturated rings. The molecule has 0 bridgehead atoms. The summed E-state index contributed by atoms with van der Waals surface area (Å²) in [4.78, 5) is 55.5. The van der Waals surface area contributed by atoms with Crippen LogP contribution in [-0.4, -0.2) is 46.1 Å². The number of nitrogens with one attached hydrogen (secondary N) is 1. The second kappa shape index (κ2) is 17.7. The van der Waals surface area contributed by atoms with Gasteiger partial charge >= 0.3 is 5.97 Å². The third-order valence-electron chi connectivity index (χ3n) is 7.74. The van der Waals surface area contributed by atoms with Crippen LogP contribution in [0.2, 0.25) is 0 Å². The van der Waals surface area contributed by atoms with Gasteiger partial charge < -0.3 is 26.8 Å². The highest BCUT2D eigenvalue weighted by Crippen LogP contribution is 2.21. The lowest BCUT2D eigenvalue weighted by Gasteiger charge is -2.21. The standard InChI is InChI=1S/C39H35N5O5.C2H6/c1-25-2-8-28(9-3-25)29-12-14-31(15-13-29)38(48)43-37(41)30-10-4-27(5-11-30)23-44(24-36(46)47)39(49)32-16-20-34(21-17-32)42-35(45)22-26-6-18-33(40)19-7-26;1-2/h2-21H,22-24,40H2,1H3,(H,42,45)(H,46,47)(H2,41,43,48);1-2H3. The lowest BCUT2D eigenvalue weighted by atomic mass is 10.0. The molecule has 260 valence electrons. The number of aliphatic carboxylic acids is 1. The third kappa shape index (κ3) is 10.7. The zero-order chi connectivity index (χ0) is 36.9. The third-order valence-corrected chi connectivity index (χ3v) is 7.74. The Morgan fingerprint density at radius 2 is 1.20 bits per heavy atom. The topological polar surface area (TPSA) is 168 Å². The summed E-state index contributed by atoms with van der Waals surface area (Å²) in [5.41, 5.74) is 18.7. The van der Waals surface area contributed by atoms with E-state index in [0.29, 0.717) is 28.1 Å². The van der Waals surface area contributed by atoms with Crippen LogP contribution in [0.25, 0.3) is 11.1 Å². The Morgan fingerprint density at radius 3 is 1.76 bits per heavy atom. The van der Waals surface area contributed by atoms with Gasteiger partial charge in [0.1, 0.15) is 12.4 Å². The van der Waals surface area contributed by atoms with Gasteiger partial charge in [-0.1, -0.05) is 92.2 Å². The van der Waals surface area contributed by atoms with E-state index in [-0.39, 0.29) is 30.3 Å². The molecule has 10 nitrogen and oxygen atoms in total. The molecule has 10 heteroatoms. The minimum atomic E-state index is -1.17. The number of amidine groups is 1. The van der Waals surface area contributed by atoms with Gasteiger partial charge in [0, 0.05) is 34.6 Å². The van der Waals surface area contributed by atoms with Crippen LogP contribution >= 0.6 is 0 Å². The molecule has 0 radical (unpaired) electrons. The summed E-state index contributed by atoms with van der Waals surface area (Å²) in [7, 11) is 0. The minimum absolute atomic E-state index is 0.00873. The first-order chi connectivity index (χ1) is 24.5. The summed E-state index contributed by atoms with van der Waals surface area (Å²) in [6, 6.07) is 35.2. The number of hydrogen-bond acceptors (Lipinski definition) is 5. The van der Waals surface area contributed by atoms with Crippen LogP contribution in [0.5, 0.6) is 0 Å². The predicted octanol–water partition coefficient (Wildman–Crippen LogP) is 6.72.